The molecule has 0 bridgehead atoms. The van der Waals surface area contributed by atoms with Crippen LogP contribution in [0.25, 0.3) is 16.9 Å². The molecule has 1 aromatic carbocycles. The number of imidazole rings is 1. The van der Waals surface area contributed by atoms with Crippen molar-refractivity contribution in [3.63, 3.8) is 0 Å². The van der Waals surface area contributed by atoms with E-state index in [2.05, 4.69) is 11.1 Å². The number of halogens is 1. The number of hydrogen-bond donors (Lipinski definition) is 0. The zero-order valence-corrected chi connectivity index (χ0v) is 11.3. The number of rotatable bonds is 2. The van der Waals surface area contributed by atoms with Crippen molar-refractivity contribution >= 4 is 22.9 Å². The van der Waals surface area contributed by atoms with Gasteiger partial charge in [-0.2, -0.15) is 5.26 Å². The van der Waals surface area contributed by atoms with Gasteiger partial charge in [0.15, 0.2) is 5.69 Å². The van der Waals surface area contributed by atoms with Gasteiger partial charge in [-0.1, -0.05) is 11.6 Å². The molecule has 0 spiro atoms. The minimum absolute atomic E-state index is 0.0101. The van der Waals surface area contributed by atoms with Gasteiger partial charge < -0.3 is 0 Å². The van der Waals surface area contributed by atoms with Gasteiger partial charge in [-0.25, -0.2) is 4.98 Å². The van der Waals surface area contributed by atoms with E-state index in [4.69, 9.17) is 11.6 Å². The molecular weight excluding hydrogens is 292 g/mol. The molecule has 0 amide bonds. The fraction of sp³-hybridized carbons (Fsp3) is 0. The Kier molecular flexibility index (Phi) is 3.05. The van der Waals surface area contributed by atoms with Crippen LogP contribution in [-0.2, 0) is 0 Å². The van der Waals surface area contributed by atoms with E-state index in [1.165, 1.54) is 12.1 Å². The van der Waals surface area contributed by atoms with Crippen molar-refractivity contribution in [2.75, 3.05) is 0 Å². The minimum atomic E-state index is -0.474. The Morgan fingerprint density at radius 2 is 2.00 bits per heavy atom. The molecule has 2 heterocycles. The molecule has 0 N–H and O–H groups in total. The first-order valence-electron chi connectivity index (χ1n) is 5.92. The summed E-state index contributed by atoms with van der Waals surface area (Å²) in [6.45, 7) is 0. The Morgan fingerprint density at radius 1 is 1.29 bits per heavy atom. The van der Waals surface area contributed by atoms with E-state index >= 15 is 0 Å². The number of non-ortho nitro benzene ring substituents is 1. The summed E-state index contributed by atoms with van der Waals surface area (Å²) < 4.78 is 1.63. The van der Waals surface area contributed by atoms with Gasteiger partial charge in [0.25, 0.3) is 5.69 Å². The second-order valence-electron chi connectivity index (χ2n) is 4.30. The molecule has 0 radical (unpaired) electrons. The summed E-state index contributed by atoms with van der Waals surface area (Å²) in [4.78, 5) is 14.6. The summed E-state index contributed by atoms with van der Waals surface area (Å²) in [6.07, 6.45) is 1.66. The first-order valence-corrected chi connectivity index (χ1v) is 6.30. The molecule has 0 aliphatic heterocycles. The molecule has 0 atom stereocenters. The van der Waals surface area contributed by atoms with Crippen molar-refractivity contribution in [2.45, 2.75) is 0 Å². The maximum Gasteiger partial charge on any atom is 0.269 e. The number of nitrogens with zero attached hydrogens (tertiary/aromatic N) is 4. The first kappa shape index (κ1) is 13.1. The van der Waals surface area contributed by atoms with Gasteiger partial charge in [0.05, 0.1) is 4.92 Å². The molecule has 0 saturated carbocycles. The summed E-state index contributed by atoms with van der Waals surface area (Å²) in [7, 11) is 0. The van der Waals surface area contributed by atoms with Crippen LogP contribution in [0.15, 0.2) is 42.6 Å². The average molecular weight is 299 g/mol. The summed E-state index contributed by atoms with van der Waals surface area (Å²) in [6, 6.07) is 11.3. The quantitative estimate of drug-likeness (QED) is 0.536. The lowest BCUT2D eigenvalue weighted by Gasteiger charge is -1.97. The van der Waals surface area contributed by atoms with Crippen molar-refractivity contribution in [2.24, 2.45) is 0 Å². The highest BCUT2D eigenvalue weighted by Crippen LogP contribution is 2.26. The number of pyridine rings is 1. The van der Waals surface area contributed by atoms with Gasteiger partial charge in [-0.3, -0.25) is 14.5 Å². The number of benzene rings is 1. The molecule has 0 saturated heterocycles. The summed E-state index contributed by atoms with van der Waals surface area (Å²) in [5.74, 6) is 0. The molecule has 102 valence electrons. The Balaban J connectivity index is 2.20. The van der Waals surface area contributed by atoms with Crippen LogP contribution in [-0.4, -0.2) is 14.3 Å². The van der Waals surface area contributed by atoms with E-state index in [0.717, 1.165) is 0 Å². The average Bonchev–Trinajstić information content (AvgIpc) is 2.84. The smallest absolute Gasteiger partial charge is 0.269 e. The molecule has 0 fully saturated rings. The lowest BCUT2D eigenvalue weighted by atomic mass is 10.1. The number of nitriles is 1. The van der Waals surface area contributed by atoms with Crippen LogP contribution < -0.4 is 0 Å². The minimum Gasteiger partial charge on any atom is -0.291 e. The van der Waals surface area contributed by atoms with Crippen LogP contribution >= 0.6 is 11.6 Å². The van der Waals surface area contributed by atoms with Crippen LogP contribution in [0.3, 0.4) is 0 Å². The van der Waals surface area contributed by atoms with E-state index in [9.17, 15) is 15.4 Å². The number of aromatic nitrogens is 2. The third kappa shape index (κ3) is 2.20. The van der Waals surface area contributed by atoms with E-state index in [1.54, 1.807) is 34.9 Å². The highest BCUT2D eigenvalue weighted by atomic mass is 35.5. The van der Waals surface area contributed by atoms with Gasteiger partial charge in [-0.05, 0) is 18.2 Å². The SMILES string of the molecule is N#Cc1c(-c2ccc([N+](=O)[O-])cc2)nc2cc(Cl)ccn12. The molecule has 3 rings (SSSR count). The molecule has 0 aliphatic carbocycles. The second kappa shape index (κ2) is 4.89. The maximum absolute atomic E-state index is 10.7. The standard InChI is InChI=1S/C14H7ClN4O2/c15-10-5-6-18-12(8-16)14(17-13(18)7-10)9-1-3-11(4-2-9)19(20)21/h1-7H. The zero-order chi connectivity index (χ0) is 15.0. The van der Waals surface area contributed by atoms with Gasteiger partial charge in [0, 0.05) is 35.0 Å². The predicted octanol–water partition coefficient (Wildman–Crippen LogP) is 3.43. The highest BCUT2D eigenvalue weighted by Gasteiger charge is 2.15. The van der Waals surface area contributed by atoms with Crippen molar-refractivity contribution in [3.8, 4) is 17.3 Å². The predicted molar refractivity (Wildman–Crippen MR) is 77.0 cm³/mol. The largest absolute Gasteiger partial charge is 0.291 e. The van der Waals surface area contributed by atoms with E-state index in [1.807, 2.05) is 0 Å². The Labute approximate surface area is 124 Å². The third-order valence-electron chi connectivity index (χ3n) is 3.05. The van der Waals surface area contributed by atoms with Crippen molar-refractivity contribution < 1.29 is 4.92 Å². The lowest BCUT2D eigenvalue weighted by Crippen LogP contribution is -1.90. The molecule has 0 aliphatic rings. The van der Waals surface area contributed by atoms with Crippen LogP contribution in [0, 0.1) is 21.4 Å². The number of nitro groups is 1. The second-order valence-corrected chi connectivity index (χ2v) is 4.73. The third-order valence-corrected chi connectivity index (χ3v) is 3.28. The number of fused-ring (bicyclic) bond motifs is 1. The topological polar surface area (TPSA) is 84.2 Å². The van der Waals surface area contributed by atoms with Crippen molar-refractivity contribution in [1.82, 2.24) is 9.38 Å². The molecule has 6 nitrogen and oxygen atoms in total. The monoisotopic (exact) mass is 298 g/mol. The zero-order valence-electron chi connectivity index (χ0n) is 10.5. The molecule has 21 heavy (non-hydrogen) atoms. The van der Waals surface area contributed by atoms with Crippen LogP contribution in [0.2, 0.25) is 5.02 Å². The fourth-order valence-corrected chi connectivity index (χ4v) is 2.22. The van der Waals surface area contributed by atoms with E-state index in [-0.39, 0.29) is 5.69 Å². The summed E-state index contributed by atoms with van der Waals surface area (Å²) in [5, 5.41) is 20.5. The maximum atomic E-state index is 10.7. The number of nitro benzene ring substituents is 1. The summed E-state index contributed by atoms with van der Waals surface area (Å²) in [5.41, 5.74) is 2.00. The first-order chi connectivity index (χ1) is 10.1. The Morgan fingerprint density at radius 3 is 2.62 bits per heavy atom. The lowest BCUT2D eigenvalue weighted by molar-refractivity contribution is -0.384. The van der Waals surface area contributed by atoms with Crippen LogP contribution in [0.4, 0.5) is 5.69 Å². The Hall–Kier alpha value is -2.91. The molecule has 3 aromatic rings. The van der Waals surface area contributed by atoms with Crippen molar-refractivity contribution in [1.29, 1.82) is 5.26 Å². The van der Waals surface area contributed by atoms with Gasteiger partial charge in [0.2, 0.25) is 0 Å². The Bertz CT molecular complexity index is 894. The number of hydrogen-bond acceptors (Lipinski definition) is 4. The van der Waals surface area contributed by atoms with E-state index in [0.29, 0.717) is 27.6 Å². The molecular formula is C14H7ClN4O2. The van der Waals surface area contributed by atoms with Gasteiger partial charge in [-0.15, -0.1) is 0 Å². The van der Waals surface area contributed by atoms with Crippen LogP contribution in [0.1, 0.15) is 5.69 Å². The van der Waals surface area contributed by atoms with Gasteiger partial charge >= 0.3 is 0 Å². The molecule has 2 aromatic heterocycles. The van der Waals surface area contributed by atoms with Crippen molar-refractivity contribution in [3.05, 3.63) is 63.4 Å². The molecule has 0 unspecified atom stereocenters. The molecule has 7 heteroatoms. The summed E-state index contributed by atoms with van der Waals surface area (Å²) >= 11 is 5.91. The highest BCUT2D eigenvalue weighted by molar-refractivity contribution is 6.30. The van der Waals surface area contributed by atoms with Crippen LogP contribution in [0.5, 0.6) is 0 Å². The van der Waals surface area contributed by atoms with Gasteiger partial charge in [0.1, 0.15) is 17.4 Å². The fourth-order valence-electron chi connectivity index (χ4n) is 2.07. The normalized spacial score (nSPS) is 10.5. The van der Waals surface area contributed by atoms with E-state index < -0.39 is 4.92 Å².